The highest BCUT2D eigenvalue weighted by Gasteiger charge is 2.19. The van der Waals surface area contributed by atoms with E-state index in [0.29, 0.717) is 11.5 Å². The first-order valence-corrected chi connectivity index (χ1v) is 8.08. The molecular formula is C20H23NO4. The van der Waals surface area contributed by atoms with Crippen molar-refractivity contribution in [3.8, 4) is 11.5 Å². The number of ether oxygens (including phenoxy) is 2. The lowest BCUT2D eigenvalue weighted by atomic mass is 10.0. The van der Waals surface area contributed by atoms with Crippen LogP contribution in [0, 0.1) is 13.8 Å². The van der Waals surface area contributed by atoms with E-state index in [-0.39, 0.29) is 12.3 Å². The van der Waals surface area contributed by atoms with Gasteiger partial charge in [-0.1, -0.05) is 29.8 Å². The summed E-state index contributed by atoms with van der Waals surface area (Å²) in [6.07, 6.45) is 0.0409. The Morgan fingerprint density at radius 1 is 1.08 bits per heavy atom. The standard InChI is InChI=1S/C20H23NO4/c1-13-5-10-19(14(2)11-13)25-20(23)12-18(21-15(3)22)16-6-8-17(24-4)9-7-16/h5-11,18H,12H2,1-4H3,(H,21,22). The SMILES string of the molecule is COc1ccc(C(CC(=O)Oc2ccc(C)cc2C)NC(C)=O)cc1. The molecule has 25 heavy (non-hydrogen) atoms. The number of hydrogen-bond donors (Lipinski definition) is 1. The number of nitrogens with one attached hydrogen (secondary N) is 1. The number of hydrogen-bond acceptors (Lipinski definition) is 4. The summed E-state index contributed by atoms with van der Waals surface area (Å²) in [6, 6.07) is 12.4. The molecule has 5 heteroatoms. The van der Waals surface area contributed by atoms with Gasteiger partial charge >= 0.3 is 5.97 Å². The molecule has 0 aromatic heterocycles. The maximum Gasteiger partial charge on any atom is 0.313 e. The Bertz CT molecular complexity index is 753. The fourth-order valence-corrected chi connectivity index (χ4v) is 2.58. The molecule has 0 bridgehead atoms. The molecule has 1 atom stereocenters. The van der Waals surface area contributed by atoms with Crippen molar-refractivity contribution >= 4 is 11.9 Å². The van der Waals surface area contributed by atoms with Crippen LogP contribution in [0.3, 0.4) is 0 Å². The molecule has 2 aromatic carbocycles. The lowest BCUT2D eigenvalue weighted by Gasteiger charge is -2.18. The molecule has 0 saturated carbocycles. The predicted molar refractivity (Wildman–Crippen MR) is 95.7 cm³/mol. The van der Waals surface area contributed by atoms with Crippen LogP contribution in [0.5, 0.6) is 11.5 Å². The number of carbonyl (C=O) groups excluding carboxylic acids is 2. The third-order valence-corrected chi connectivity index (χ3v) is 3.82. The second-order valence-electron chi connectivity index (χ2n) is 5.97. The molecule has 0 aliphatic carbocycles. The van der Waals surface area contributed by atoms with Gasteiger partial charge in [-0.15, -0.1) is 0 Å². The average molecular weight is 341 g/mol. The van der Waals surface area contributed by atoms with Crippen LogP contribution < -0.4 is 14.8 Å². The molecule has 1 amide bonds. The highest BCUT2D eigenvalue weighted by molar-refractivity contribution is 5.77. The largest absolute Gasteiger partial charge is 0.497 e. The van der Waals surface area contributed by atoms with Gasteiger partial charge in [0, 0.05) is 6.92 Å². The smallest absolute Gasteiger partial charge is 0.313 e. The zero-order chi connectivity index (χ0) is 18.4. The molecule has 5 nitrogen and oxygen atoms in total. The van der Waals surface area contributed by atoms with Crippen molar-refractivity contribution in [3.63, 3.8) is 0 Å². The molecule has 132 valence electrons. The van der Waals surface area contributed by atoms with Crippen LogP contribution in [0.2, 0.25) is 0 Å². The van der Waals surface area contributed by atoms with Crippen LogP contribution in [0.25, 0.3) is 0 Å². The Kier molecular flexibility index (Phi) is 6.17. The van der Waals surface area contributed by atoms with Crippen LogP contribution in [0.15, 0.2) is 42.5 Å². The van der Waals surface area contributed by atoms with Crippen LogP contribution in [-0.2, 0) is 9.59 Å². The van der Waals surface area contributed by atoms with Crippen molar-refractivity contribution in [1.82, 2.24) is 5.32 Å². The lowest BCUT2D eigenvalue weighted by molar-refractivity contribution is -0.135. The molecule has 1 N–H and O–H groups in total. The van der Waals surface area contributed by atoms with E-state index in [9.17, 15) is 9.59 Å². The molecule has 0 aliphatic heterocycles. The minimum absolute atomic E-state index is 0.0409. The summed E-state index contributed by atoms with van der Waals surface area (Å²) in [5.74, 6) is 0.636. The van der Waals surface area contributed by atoms with E-state index < -0.39 is 12.0 Å². The Hall–Kier alpha value is -2.82. The van der Waals surface area contributed by atoms with E-state index in [0.717, 1.165) is 16.7 Å². The Morgan fingerprint density at radius 2 is 1.76 bits per heavy atom. The Morgan fingerprint density at radius 3 is 2.32 bits per heavy atom. The second-order valence-corrected chi connectivity index (χ2v) is 5.97. The maximum atomic E-state index is 12.3. The highest BCUT2D eigenvalue weighted by atomic mass is 16.5. The topological polar surface area (TPSA) is 64.6 Å². The van der Waals surface area contributed by atoms with E-state index in [1.807, 2.05) is 38.1 Å². The normalized spacial score (nSPS) is 11.5. The van der Waals surface area contributed by atoms with Crippen LogP contribution in [0.1, 0.15) is 36.1 Å². The van der Waals surface area contributed by atoms with Gasteiger partial charge in [0.05, 0.1) is 19.6 Å². The van der Waals surface area contributed by atoms with Crippen molar-refractivity contribution < 1.29 is 19.1 Å². The molecule has 0 heterocycles. The first kappa shape index (κ1) is 18.5. The monoisotopic (exact) mass is 341 g/mol. The van der Waals surface area contributed by atoms with Gasteiger partial charge in [0.2, 0.25) is 5.91 Å². The predicted octanol–water partition coefficient (Wildman–Crippen LogP) is 3.48. The highest BCUT2D eigenvalue weighted by Crippen LogP contribution is 2.23. The van der Waals surface area contributed by atoms with Crippen LogP contribution in [-0.4, -0.2) is 19.0 Å². The fourth-order valence-electron chi connectivity index (χ4n) is 2.58. The van der Waals surface area contributed by atoms with Crippen LogP contribution in [0.4, 0.5) is 0 Å². The summed E-state index contributed by atoms with van der Waals surface area (Å²) >= 11 is 0. The van der Waals surface area contributed by atoms with Crippen molar-refractivity contribution in [2.24, 2.45) is 0 Å². The average Bonchev–Trinajstić information content (AvgIpc) is 2.56. The number of esters is 1. The van der Waals surface area contributed by atoms with Crippen molar-refractivity contribution in [2.45, 2.75) is 33.2 Å². The molecular weight excluding hydrogens is 318 g/mol. The maximum absolute atomic E-state index is 12.3. The molecule has 0 radical (unpaired) electrons. The van der Waals surface area contributed by atoms with E-state index in [4.69, 9.17) is 9.47 Å². The Balaban J connectivity index is 2.12. The van der Waals surface area contributed by atoms with E-state index >= 15 is 0 Å². The van der Waals surface area contributed by atoms with Gasteiger partial charge in [-0.3, -0.25) is 9.59 Å². The number of methoxy groups -OCH3 is 1. The molecule has 0 fully saturated rings. The van der Waals surface area contributed by atoms with Crippen molar-refractivity contribution in [2.75, 3.05) is 7.11 Å². The van der Waals surface area contributed by atoms with Gasteiger partial charge in [0.25, 0.3) is 0 Å². The molecule has 1 unspecified atom stereocenters. The number of benzene rings is 2. The summed E-state index contributed by atoms with van der Waals surface area (Å²) in [5, 5.41) is 2.79. The zero-order valence-electron chi connectivity index (χ0n) is 15.0. The first-order valence-electron chi connectivity index (χ1n) is 8.08. The summed E-state index contributed by atoms with van der Waals surface area (Å²) in [5.41, 5.74) is 2.81. The Labute approximate surface area is 148 Å². The second kappa shape index (κ2) is 8.33. The number of rotatable bonds is 6. The fraction of sp³-hybridized carbons (Fsp3) is 0.300. The van der Waals surface area contributed by atoms with Gasteiger partial charge in [-0.2, -0.15) is 0 Å². The zero-order valence-corrected chi connectivity index (χ0v) is 15.0. The van der Waals surface area contributed by atoms with Crippen LogP contribution >= 0.6 is 0 Å². The number of aryl methyl sites for hydroxylation is 2. The molecule has 2 aromatic rings. The van der Waals surface area contributed by atoms with E-state index in [1.165, 1.54) is 6.92 Å². The molecule has 0 saturated heterocycles. The summed E-state index contributed by atoms with van der Waals surface area (Å²) < 4.78 is 10.6. The van der Waals surface area contributed by atoms with Gasteiger partial charge in [-0.05, 0) is 43.2 Å². The lowest BCUT2D eigenvalue weighted by Crippen LogP contribution is -2.29. The molecule has 0 aliphatic rings. The summed E-state index contributed by atoms with van der Waals surface area (Å²) in [4.78, 5) is 23.8. The minimum atomic E-state index is -0.457. The number of amides is 1. The van der Waals surface area contributed by atoms with E-state index in [2.05, 4.69) is 5.32 Å². The minimum Gasteiger partial charge on any atom is -0.497 e. The third kappa shape index (κ3) is 5.35. The number of carbonyl (C=O) groups is 2. The third-order valence-electron chi connectivity index (χ3n) is 3.82. The van der Waals surface area contributed by atoms with Crippen molar-refractivity contribution in [1.29, 1.82) is 0 Å². The first-order chi connectivity index (χ1) is 11.9. The van der Waals surface area contributed by atoms with Gasteiger partial charge in [0.1, 0.15) is 11.5 Å². The van der Waals surface area contributed by atoms with Gasteiger partial charge in [-0.25, -0.2) is 0 Å². The summed E-state index contributed by atoms with van der Waals surface area (Å²) in [7, 11) is 1.58. The van der Waals surface area contributed by atoms with Crippen molar-refractivity contribution in [3.05, 3.63) is 59.2 Å². The van der Waals surface area contributed by atoms with E-state index in [1.54, 1.807) is 25.3 Å². The quantitative estimate of drug-likeness (QED) is 0.645. The molecule has 2 rings (SSSR count). The molecule has 0 spiro atoms. The summed E-state index contributed by atoms with van der Waals surface area (Å²) in [6.45, 7) is 5.30. The van der Waals surface area contributed by atoms with Gasteiger partial charge in [0.15, 0.2) is 0 Å². The van der Waals surface area contributed by atoms with Gasteiger partial charge < -0.3 is 14.8 Å².